The lowest BCUT2D eigenvalue weighted by molar-refractivity contribution is 0.195. The summed E-state index contributed by atoms with van der Waals surface area (Å²) in [6, 6.07) is 0. The lowest BCUT2D eigenvalue weighted by Crippen LogP contribution is -2.33. The van der Waals surface area contributed by atoms with E-state index in [9.17, 15) is 0 Å². The van der Waals surface area contributed by atoms with Gasteiger partial charge in [0.25, 0.3) is 0 Å². The molecule has 0 aromatic heterocycles. The Labute approximate surface area is 108 Å². The first-order valence-corrected chi connectivity index (χ1v) is 6.59. The van der Waals surface area contributed by atoms with Crippen LogP contribution in [0, 0.1) is 11.8 Å². The van der Waals surface area contributed by atoms with Crippen LogP contribution in [0.25, 0.3) is 0 Å². The molecule has 1 N–H and O–H groups in total. The first-order valence-electron chi connectivity index (χ1n) is 6.59. The van der Waals surface area contributed by atoms with E-state index in [0.29, 0.717) is 0 Å². The van der Waals surface area contributed by atoms with Gasteiger partial charge in [-0.1, -0.05) is 26.2 Å². The van der Waals surface area contributed by atoms with Gasteiger partial charge in [0.2, 0.25) is 0 Å². The lowest BCUT2D eigenvalue weighted by atomic mass is 9.80. The quantitative estimate of drug-likeness (QED) is 0.778. The minimum absolute atomic E-state index is 0. The molecular weight excluding hydrogens is 220 g/mol. The molecule has 0 aliphatic heterocycles. The van der Waals surface area contributed by atoms with Crippen molar-refractivity contribution in [1.82, 2.24) is 10.2 Å². The zero-order valence-corrected chi connectivity index (χ0v) is 12.0. The highest BCUT2D eigenvalue weighted by atomic mass is 35.5. The summed E-state index contributed by atoms with van der Waals surface area (Å²) >= 11 is 0. The molecule has 0 bridgehead atoms. The Balaban J connectivity index is 0.00000225. The first kappa shape index (κ1) is 16.2. The predicted octanol–water partition coefficient (Wildman–Crippen LogP) is 2.78. The molecule has 98 valence electrons. The fraction of sp³-hybridized carbons (Fsp3) is 1.00. The van der Waals surface area contributed by atoms with Crippen molar-refractivity contribution in [3.63, 3.8) is 0 Å². The number of nitrogens with one attached hydrogen (secondary N) is 1. The largest absolute Gasteiger partial charge is 0.318 e. The fourth-order valence-corrected chi connectivity index (χ4v) is 2.77. The Morgan fingerprint density at radius 2 is 1.94 bits per heavy atom. The van der Waals surface area contributed by atoms with Gasteiger partial charge in [0.1, 0.15) is 0 Å². The second-order valence-electron chi connectivity index (χ2n) is 5.17. The highest BCUT2D eigenvalue weighted by molar-refractivity contribution is 5.85. The summed E-state index contributed by atoms with van der Waals surface area (Å²) in [7, 11) is 4.29. The van der Waals surface area contributed by atoms with Crippen LogP contribution in [0.3, 0.4) is 0 Å². The molecule has 0 amide bonds. The molecule has 0 saturated heterocycles. The van der Waals surface area contributed by atoms with Crippen LogP contribution in [-0.2, 0) is 0 Å². The average molecular weight is 249 g/mol. The summed E-state index contributed by atoms with van der Waals surface area (Å²) in [5.74, 6) is 1.98. The standard InChI is InChI=1S/C13H28N2.ClH/c1-4-12-6-5-7-13(10-12)11-15(3)9-8-14-2;/h12-14H,4-11H2,1-3H3;1H. The van der Waals surface area contributed by atoms with Crippen LogP contribution in [0.4, 0.5) is 0 Å². The van der Waals surface area contributed by atoms with Gasteiger partial charge in [0.15, 0.2) is 0 Å². The molecule has 1 saturated carbocycles. The minimum atomic E-state index is 0. The molecule has 16 heavy (non-hydrogen) atoms. The number of hydrogen-bond donors (Lipinski definition) is 1. The summed E-state index contributed by atoms with van der Waals surface area (Å²) < 4.78 is 0. The molecule has 2 nitrogen and oxygen atoms in total. The van der Waals surface area contributed by atoms with E-state index in [-0.39, 0.29) is 12.4 Å². The van der Waals surface area contributed by atoms with Crippen LogP contribution in [0.5, 0.6) is 0 Å². The Morgan fingerprint density at radius 1 is 1.25 bits per heavy atom. The smallest absolute Gasteiger partial charge is 0.0104 e. The molecule has 1 fully saturated rings. The Bertz CT molecular complexity index is 164. The van der Waals surface area contributed by atoms with E-state index in [1.807, 2.05) is 7.05 Å². The van der Waals surface area contributed by atoms with E-state index >= 15 is 0 Å². The number of nitrogens with zero attached hydrogens (tertiary/aromatic N) is 1. The maximum Gasteiger partial charge on any atom is 0.0104 e. The Morgan fingerprint density at radius 3 is 2.56 bits per heavy atom. The van der Waals surface area contributed by atoms with Crippen molar-refractivity contribution in [2.45, 2.75) is 39.0 Å². The molecule has 0 heterocycles. The summed E-state index contributed by atoms with van der Waals surface area (Å²) in [4.78, 5) is 2.49. The maximum atomic E-state index is 3.21. The number of hydrogen-bond acceptors (Lipinski definition) is 2. The van der Waals surface area contributed by atoms with Gasteiger partial charge < -0.3 is 10.2 Å². The van der Waals surface area contributed by atoms with Gasteiger partial charge in [-0.3, -0.25) is 0 Å². The van der Waals surface area contributed by atoms with E-state index in [1.165, 1.54) is 45.2 Å². The van der Waals surface area contributed by atoms with Crippen molar-refractivity contribution >= 4 is 12.4 Å². The van der Waals surface area contributed by atoms with Crippen LogP contribution in [0.15, 0.2) is 0 Å². The number of likely N-dealkylation sites (N-methyl/N-ethyl adjacent to an activating group) is 2. The SMILES string of the molecule is CCC1CCCC(CN(C)CCNC)C1.Cl. The van der Waals surface area contributed by atoms with Gasteiger partial charge in [-0.05, 0) is 38.8 Å². The molecule has 0 spiro atoms. The van der Waals surface area contributed by atoms with Gasteiger partial charge in [-0.25, -0.2) is 0 Å². The number of halogens is 1. The van der Waals surface area contributed by atoms with Gasteiger partial charge in [0, 0.05) is 19.6 Å². The molecule has 3 heteroatoms. The third kappa shape index (κ3) is 6.07. The topological polar surface area (TPSA) is 15.3 Å². The molecule has 2 unspecified atom stereocenters. The van der Waals surface area contributed by atoms with Crippen molar-refractivity contribution in [1.29, 1.82) is 0 Å². The fourth-order valence-electron chi connectivity index (χ4n) is 2.77. The van der Waals surface area contributed by atoms with Gasteiger partial charge in [0.05, 0.1) is 0 Å². The highest BCUT2D eigenvalue weighted by Gasteiger charge is 2.21. The van der Waals surface area contributed by atoms with Crippen molar-refractivity contribution in [3.05, 3.63) is 0 Å². The van der Waals surface area contributed by atoms with Crippen molar-refractivity contribution in [2.24, 2.45) is 11.8 Å². The Hall–Kier alpha value is 0.210. The van der Waals surface area contributed by atoms with E-state index in [0.717, 1.165) is 18.4 Å². The monoisotopic (exact) mass is 248 g/mol. The molecule has 1 aliphatic carbocycles. The average Bonchev–Trinajstić information content (AvgIpc) is 2.26. The second-order valence-corrected chi connectivity index (χ2v) is 5.17. The van der Waals surface area contributed by atoms with Crippen LogP contribution in [0.2, 0.25) is 0 Å². The van der Waals surface area contributed by atoms with E-state index < -0.39 is 0 Å². The zero-order chi connectivity index (χ0) is 11.1. The van der Waals surface area contributed by atoms with E-state index in [2.05, 4.69) is 24.2 Å². The molecular formula is C13H29ClN2. The summed E-state index contributed by atoms with van der Waals surface area (Å²) in [6.45, 7) is 5.94. The summed E-state index contributed by atoms with van der Waals surface area (Å²) in [6.07, 6.45) is 7.26. The van der Waals surface area contributed by atoms with Crippen molar-refractivity contribution < 1.29 is 0 Å². The maximum absolute atomic E-state index is 3.21. The molecule has 1 rings (SSSR count). The summed E-state index contributed by atoms with van der Waals surface area (Å²) in [5.41, 5.74) is 0. The van der Waals surface area contributed by atoms with Crippen LogP contribution in [0.1, 0.15) is 39.0 Å². The molecule has 0 radical (unpaired) electrons. The molecule has 0 aromatic rings. The van der Waals surface area contributed by atoms with Crippen molar-refractivity contribution in [2.75, 3.05) is 33.7 Å². The number of rotatable bonds is 6. The van der Waals surface area contributed by atoms with Crippen LogP contribution < -0.4 is 5.32 Å². The van der Waals surface area contributed by atoms with Gasteiger partial charge in [-0.2, -0.15) is 0 Å². The molecule has 2 atom stereocenters. The molecule has 1 aliphatic rings. The van der Waals surface area contributed by atoms with E-state index in [1.54, 1.807) is 0 Å². The highest BCUT2D eigenvalue weighted by Crippen LogP contribution is 2.31. The first-order chi connectivity index (χ1) is 7.26. The lowest BCUT2D eigenvalue weighted by Gasteiger charge is -2.31. The molecule has 0 aromatic carbocycles. The van der Waals surface area contributed by atoms with Crippen LogP contribution in [-0.4, -0.2) is 38.6 Å². The van der Waals surface area contributed by atoms with Gasteiger partial charge >= 0.3 is 0 Å². The van der Waals surface area contributed by atoms with Gasteiger partial charge in [-0.15, -0.1) is 12.4 Å². The second kappa shape index (κ2) is 9.26. The predicted molar refractivity (Wildman–Crippen MR) is 74.4 cm³/mol. The van der Waals surface area contributed by atoms with Crippen LogP contribution >= 0.6 is 12.4 Å². The zero-order valence-electron chi connectivity index (χ0n) is 11.2. The normalized spacial score (nSPS) is 25.5. The van der Waals surface area contributed by atoms with Crippen molar-refractivity contribution in [3.8, 4) is 0 Å². The third-order valence-electron chi connectivity index (χ3n) is 3.78. The van der Waals surface area contributed by atoms with E-state index in [4.69, 9.17) is 0 Å². The Kier molecular flexibility index (Phi) is 9.38. The minimum Gasteiger partial charge on any atom is -0.318 e. The third-order valence-corrected chi connectivity index (χ3v) is 3.78. The summed E-state index contributed by atoms with van der Waals surface area (Å²) in [5, 5.41) is 3.21.